The van der Waals surface area contributed by atoms with Crippen molar-refractivity contribution in [1.82, 2.24) is 0 Å². The minimum Gasteiger partial charge on any atom is -0.493 e. The summed E-state index contributed by atoms with van der Waals surface area (Å²) in [5.41, 5.74) is 0.879. The third-order valence-corrected chi connectivity index (χ3v) is 3.29. The second-order valence-corrected chi connectivity index (χ2v) is 5.09. The third-order valence-electron chi connectivity index (χ3n) is 3.29. The topological polar surface area (TPSA) is 60.0 Å². The van der Waals surface area contributed by atoms with Crippen LogP contribution in [0, 0.1) is 5.92 Å². The molecule has 5 nitrogen and oxygen atoms in total. The van der Waals surface area contributed by atoms with Crippen LogP contribution in [0.4, 0.5) is 5.69 Å². The maximum absolute atomic E-state index is 9.83. The molecule has 1 unspecified atom stereocenters. The number of hydrogen-bond acceptors (Lipinski definition) is 5. The number of hydrogen-bond donors (Lipinski definition) is 2. The van der Waals surface area contributed by atoms with E-state index in [9.17, 15) is 5.11 Å². The molecule has 0 bridgehead atoms. The standard InChI is InChI=1S/C15H23NO4/c1-18-14-6-5-12(7-15(14)19-2)16-8-13(17)10-20-9-11-3-4-11/h5-7,11,13,16-17H,3-4,8-10H2,1-2H3. The van der Waals surface area contributed by atoms with Crippen molar-refractivity contribution in [3.63, 3.8) is 0 Å². The summed E-state index contributed by atoms with van der Waals surface area (Å²) in [6, 6.07) is 5.56. The van der Waals surface area contributed by atoms with Crippen molar-refractivity contribution in [2.75, 3.05) is 39.3 Å². The van der Waals surface area contributed by atoms with Crippen LogP contribution in [0.5, 0.6) is 11.5 Å². The molecule has 0 aromatic heterocycles. The summed E-state index contributed by atoms with van der Waals surface area (Å²) in [5.74, 6) is 2.07. The lowest BCUT2D eigenvalue weighted by atomic mass is 10.2. The predicted octanol–water partition coefficient (Wildman–Crippen LogP) is 1.90. The SMILES string of the molecule is COc1ccc(NCC(O)COCC2CC2)cc1OC. The highest BCUT2D eigenvalue weighted by Crippen LogP contribution is 2.30. The maximum atomic E-state index is 9.83. The Labute approximate surface area is 119 Å². The lowest BCUT2D eigenvalue weighted by Crippen LogP contribution is -2.25. The number of anilines is 1. The Bertz CT molecular complexity index is 420. The quantitative estimate of drug-likeness (QED) is 0.724. The van der Waals surface area contributed by atoms with Crippen molar-refractivity contribution in [2.45, 2.75) is 18.9 Å². The second kappa shape index (κ2) is 7.36. The van der Waals surface area contributed by atoms with Gasteiger partial charge in [0.15, 0.2) is 11.5 Å². The zero-order valence-corrected chi connectivity index (χ0v) is 12.1. The van der Waals surface area contributed by atoms with Crippen LogP contribution in [0.15, 0.2) is 18.2 Å². The Morgan fingerprint density at radius 1 is 1.25 bits per heavy atom. The summed E-state index contributed by atoms with van der Waals surface area (Å²) < 4.78 is 15.9. The van der Waals surface area contributed by atoms with Gasteiger partial charge in [-0.25, -0.2) is 0 Å². The molecule has 0 radical (unpaired) electrons. The van der Waals surface area contributed by atoms with E-state index >= 15 is 0 Å². The smallest absolute Gasteiger partial charge is 0.162 e. The number of ether oxygens (including phenoxy) is 3. The van der Waals surface area contributed by atoms with Gasteiger partial charge in [-0.1, -0.05) is 0 Å². The van der Waals surface area contributed by atoms with Gasteiger partial charge in [-0.15, -0.1) is 0 Å². The molecule has 1 atom stereocenters. The van der Waals surface area contributed by atoms with Gasteiger partial charge >= 0.3 is 0 Å². The van der Waals surface area contributed by atoms with Gasteiger partial charge in [0.1, 0.15) is 0 Å². The molecule has 0 saturated heterocycles. The van der Waals surface area contributed by atoms with Gasteiger partial charge in [-0.2, -0.15) is 0 Å². The Morgan fingerprint density at radius 2 is 2.00 bits per heavy atom. The fraction of sp³-hybridized carbons (Fsp3) is 0.600. The highest BCUT2D eigenvalue weighted by Gasteiger charge is 2.21. The molecular weight excluding hydrogens is 258 g/mol. The Balaban J connectivity index is 1.74. The van der Waals surface area contributed by atoms with E-state index in [-0.39, 0.29) is 0 Å². The predicted molar refractivity (Wildman–Crippen MR) is 77.6 cm³/mol. The summed E-state index contributed by atoms with van der Waals surface area (Å²) in [5, 5.41) is 13.0. The molecule has 0 heterocycles. The molecule has 5 heteroatoms. The third kappa shape index (κ3) is 4.58. The van der Waals surface area contributed by atoms with Gasteiger partial charge in [-0.05, 0) is 30.9 Å². The average molecular weight is 281 g/mol. The molecule has 1 aliphatic rings. The van der Waals surface area contributed by atoms with Crippen LogP contribution in [0.1, 0.15) is 12.8 Å². The van der Waals surface area contributed by atoms with Crippen molar-refractivity contribution in [3.05, 3.63) is 18.2 Å². The molecule has 1 aromatic rings. The van der Waals surface area contributed by atoms with Gasteiger partial charge in [-0.3, -0.25) is 0 Å². The van der Waals surface area contributed by atoms with Gasteiger partial charge in [0, 0.05) is 24.9 Å². The van der Waals surface area contributed by atoms with E-state index in [1.807, 2.05) is 18.2 Å². The normalized spacial score (nSPS) is 15.8. The van der Waals surface area contributed by atoms with Crippen LogP contribution in [-0.2, 0) is 4.74 Å². The fourth-order valence-electron chi connectivity index (χ4n) is 1.90. The van der Waals surface area contributed by atoms with E-state index in [1.54, 1.807) is 14.2 Å². The van der Waals surface area contributed by atoms with Gasteiger partial charge in [0.05, 0.1) is 26.9 Å². The fourth-order valence-corrected chi connectivity index (χ4v) is 1.90. The molecule has 0 amide bonds. The van der Waals surface area contributed by atoms with E-state index in [2.05, 4.69) is 5.32 Å². The number of aliphatic hydroxyl groups is 1. The average Bonchev–Trinajstić information content (AvgIpc) is 3.29. The molecule has 1 aliphatic carbocycles. The van der Waals surface area contributed by atoms with Crippen molar-refractivity contribution in [3.8, 4) is 11.5 Å². The van der Waals surface area contributed by atoms with E-state index in [1.165, 1.54) is 12.8 Å². The first-order chi connectivity index (χ1) is 9.72. The van der Waals surface area contributed by atoms with E-state index in [4.69, 9.17) is 14.2 Å². The minimum absolute atomic E-state index is 0.372. The number of methoxy groups -OCH3 is 2. The summed E-state index contributed by atoms with van der Waals surface area (Å²) in [7, 11) is 3.20. The minimum atomic E-state index is -0.512. The van der Waals surface area contributed by atoms with E-state index < -0.39 is 6.10 Å². The molecule has 112 valence electrons. The zero-order valence-electron chi connectivity index (χ0n) is 12.1. The van der Waals surface area contributed by atoms with Gasteiger partial charge < -0.3 is 24.6 Å². The zero-order chi connectivity index (χ0) is 14.4. The monoisotopic (exact) mass is 281 g/mol. The summed E-state index contributed by atoms with van der Waals surface area (Å²) in [6.45, 7) is 1.59. The Hall–Kier alpha value is -1.46. The first-order valence-electron chi connectivity index (χ1n) is 6.94. The first-order valence-corrected chi connectivity index (χ1v) is 6.94. The highest BCUT2D eigenvalue weighted by molar-refractivity contribution is 5.54. The number of aliphatic hydroxyl groups excluding tert-OH is 1. The van der Waals surface area contributed by atoms with Crippen molar-refractivity contribution in [1.29, 1.82) is 0 Å². The Morgan fingerprint density at radius 3 is 2.65 bits per heavy atom. The molecule has 2 N–H and O–H groups in total. The van der Waals surface area contributed by atoms with Crippen molar-refractivity contribution >= 4 is 5.69 Å². The molecular formula is C15H23NO4. The maximum Gasteiger partial charge on any atom is 0.162 e. The van der Waals surface area contributed by atoms with E-state index in [0.717, 1.165) is 18.2 Å². The largest absolute Gasteiger partial charge is 0.493 e. The number of benzene rings is 1. The van der Waals surface area contributed by atoms with Crippen LogP contribution in [0.25, 0.3) is 0 Å². The lowest BCUT2D eigenvalue weighted by Gasteiger charge is -2.14. The summed E-state index contributed by atoms with van der Waals surface area (Å²) in [6.07, 6.45) is 2.02. The molecule has 2 rings (SSSR count). The Kier molecular flexibility index (Phi) is 5.49. The highest BCUT2D eigenvalue weighted by atomic mass is 16.5. The molecule has 0 spiro atoms. The first kappa shape index (κ1) is 14.9. The molecule has 0 aliphatic heterocycles. The summed E-state index contributed by atoms with van der Waals surface area (Å²) in [4.78, 5) is 0. The van der Waals surface area contributed by atoms with Crippen LogP contribution >= 0.6 is 0 Å². The summed E-state index contributed by atoms with van der Waals surface area (Å²) >= 11 is 0. The molecule has 1 fully saturated rings. The number of rotatable bonds is 9. The van der Waals surface area contributed by atoms with E-state index in [0.29, 0.717) is 24.7 Å². The van der Waals surface area contributed by atoms with Crippen molar-refractivity contribution < 1.29 is 19.3 Å². The van der Waals surface area contributed by atoms with Crippen LogP contribution in [0.2, 0.25) is 0 Å². The lowest BCUT2D eigenvalue weighted by molar-refractivity contribution is 0.0386. The number of nitrogens with one attached hydrogen (secondary N) is 1. The van der Waals surface area contributed by atoms with Gasteiger partial charge in [0.2, 0.25) is 0 Å². The van der Waals surface area contributed by atoms with Crippen LogP contribution in [0.3, 0.4) is 0 Å². The molecule has 1 saturated carbocycles. The van der Waals surface area contributed by atoms with Crippen LogP contribution in [-0.4, -0.2) is 45.2 Å². The van der Waals surface area contributed by atoms with Crippen molar-refractivity contribution in [2.24, 2.45) is 5.92 Å². The van der Waals surface area contributed by atoms with Gasteiger partial charge in [0.25, 0.3) is 0 Å². The van der Waals surface area contributed by atoms with Crippen LogP contribution < -0.4 is 14.8 Å². The molecule has 1 aromatic carbocycles. The second-order valence-electron chi connectivity index (χ2n) is 5.09. The molecule has 20 heavy (non-hydrogen) atoms.